The van der Waals surface area contributed by atoms with E-state index in [0.29, 0.717) is 6.04 Å². The van der Waals surface area contributed by atoms with Gasteiger partial charge in [0.15, 0.2) is 0 Å². The van der Waals surface area contributed by atoms with Gasteiger partial charge < -0.3 is 5.32 Å². The number of aromatic nitrogens is 2. The molecule has 0 amide bonds. The highest BCUT2D eigenvalue weighted by molar-refractivity contribution is 5.83. The topological polar surface area (TPSA) is 40.7 Å². The molecular formula is C23H21N3. The Hall–Kier alpha value is -2.91. The fourth-order valence-corrected chi connectivity index (χ4v) is 3.90. The number of hydrogen-bond acceptors (Lipinski definition) is 2. The van der Waals surface area contributed by atoms with Crippen molar-refractivity contribution >= 4 is 10.9 Å². The average Bonchev–Trinajstić information content (AvgIpc) is 3.32. The van der Waals surface area contributed by atoms with E-state index in [1.807, 2.05) is 6.20 Å². The smallest absolute Gasteiger partial charge is 0.0650 e. The number of aromatic amines is 1. The SMILES string of the molecule is c1ccc2c(c1)CC(NCc1ccc(-c3ccc4[nH]ncc4c3)cc1)C2. The van der Waals surface area contributed by atoms with E-state index in [1.54, 1.807) is 0 Å². The number of nitrogens with one attached hydrogen (secondary N) is 2. The van der Waals surface area contributed by atoms with Crippen molar-refractivity contribution in [2.24, 2.45) is 0 Å². The summed E-state index contributed by atoms with van der Waals surface area (Å²) in [5, 5.41) is 12.0. The molecule has 1 aliphatic carbocycles. The van der Waals surface area contributed by atoms with Crippen molar-refractivity contribution in [3.05, 3.63) is 89.6 Å². The van der Waals surface area contributed by atoms with Crippen LogP contribution in [0.25, 0.3) is 22.0 Å². The fourth-order valence-electron chi connectivity index (χ4n) is 3.90. The third kappa shape index (κ3) is 2.91. The van der Waals surface area contributed by atoms with Crippen LogP contribution < -0.4 is 5.32 Å². The number of rotatable bonds is 4. The maximum atomic E-state index is 4.09. The summed E-state index contributed by atoms with van der Waals surface area (Å²) in [4.78, 5) is 0. The van der Waals surface area contributed by atoms with Crippen molar-refractivity contribution in [2.45, 2.75) is 25.4 Å². The highest BCUT2D eigenvalue weighted by Crippen LogP contribution is 2.24. The Bertz CT molecular complexity index is 1020. The predicted octanol–water partition coefficient (Wildman–Crippen LogP) is 4.49. The minimum atomic E-state index is 0.551. The minimum absolute atomic E-state index is 0.551. The standard InChI is InChI=1S/C23H21N3/c1-2-4-19-13-22(12-18(19)3-1)24-14-16-5-7-17(8-6-16)20-9-10-23-21(11-20)15-25-26-23/h1-11,15,22,24H,12-14H2,(H,25,26). The molecule has 4 aromatic rings. The van der Waals surface area contributed by atoms with Gasteiger partial charge in [-0.2, -0.15) is 5.10 Å². The molecule has 5 rings (SSSR count). The highest BCUT2D eigenvalue weighted by atomic mass is 15.1. The second-order valence-corrected chi connectivity index (χ2v) is 7.12. The van der Waals surface area contributed by atoms with Crippen molar-refractivity contribution in [1.82, 2.24) is 15.5 Å². The Kier molecular flexibility index (Phi) is 3.80. The third-order valence-corrected chi connectivity index (χ3v) is 5.37. The van der Waals surface area contributed by atoms with Crippen LogP contribution in [0.15, 0.2) is 72.9 Å². The van der Waals surface area contributed by atoms with Crippen LogP contribution >= 0.6 is 0 Å². The van der Waals surface area contributed by atoms with E-state index in [9.17, 15) is 0 Å². The van der Waals surface area contributed by atoms with Crippen LogP contribution in [0.5, 0.6) is 0 Å². The average molecular weight is 339 g/mol. The quantitative estimate of drug-likeness (QED) is 0.575. The molecule has 3 heteroatoms. The first kappa shape index (κ1) is 15.4. The molecule has 0 atom stereocenters. The van der Waals surface area contributed by atoms with Crippen molar-refractivity contribution in [1.29, 1.82) is 0 Å². The molecule has 3 nitrogen and oxygen atoms in total. The zero-order valence-corrected chi connectivity index (χ0v) is 14.6. The summed E-state index contributed by atoms with van der Waals surface area (Å²) in [6, 6.07) is 24.6. The van der Waals surface area contributed by atoms with Gasteiger partial charge in [0.25, 0.3) is 0 Å². The molecule has 26 heavy (non-hydrogen) atoms. The number of hydrogen-bond donors (Lipinski definition) is 2. The Labute approximate surface area is 153 Å². The van der Waals surface area contributed by atoms with Gasteiger partial charge in [0, 0.05) is 18.0 Å². The lowest BCUT2D eigenvalue weighted by Gasteiger charge is -2.12. The van der Waals surface area contributed by atoms with Crippen LogP contribution in [0.4, 0.5) is 0 Å². The molecule has 3 aromatic carbocycles. The number of nitrogens with zero attached hydrogens (tertiary/aromatic N) is 1. The molecule has 1 aromatic heterocycles. The summed E-state index contributed by atoms with van der Waals surface area (Å²) in [7, 11) is 0. The van der Waals surface area contributed by atoms with Crippen LogP contribution in [0, 0.1) is 0 Å². The lowest BCUT2D eigenvalue weighted by molar-refractivity contribution is 0.533. The van der Waals surface area contributed by atoms with Crippen LogP contribution in [0.1, 0.15) is 16.7 Å². The molecule has 0 saturated carbocycles. The molecule has 1 aliphatic rings. The van der Waals surface area contributed by atoms with Crippen LogP contribution in [-0.2, 0) is 19.4 Å². The van der Waals surface area contributed by atoms with Gasteiger partial charge in [-0.3, -0.25) is 5.10 Å². The molecule has 0 saturated heterocycles. The van der Waals surface area contributed by atoms with Crippen LogP contribution in [-0.4, -0.2) is 16.2 Å². The molecule has 0 fully saturated rings. The zero-order valence-electron chi connectivity index (χ0n) is 14.6. The second kappa shape index (κ2) is 6.43. The Morgan fingerprint density at radius 3 is 2.38 bits per heavy atom. The van der Waals surface area contributed by atoms with E-state index in [1.165, 1.54) is 27.8 Å². The number of benzene rings is 3. The van der Waals surface area contributed by atoms with E-state index < -0.39 is 0 Å². The van der Waals surface area contributed by atoms with Gasteiger partial charge in [-0.1, -0.05) is 54.6 Å². The molecule has 2 N–H and O–H groups in total. The molecule has 0 unspecified atom stereocenters. The molecule has 0 radical (unpaired) electrons. The molecule has 0 spiro atoms. The summed E-state index contributed by atoms with van der Waals surface area (Å²) in [6.45, 7) is 0.916. The Morgan fingerprint density at radius 1 is 0.885 bits per heavy atom. The first-order chi connectivity index (χ1) is 12.8. The molecule has 1 heterocycles. The van der Waals surface area contributed by atoms with Crippen LogP contribution in [0.2, 0.25) is 0 Å². The number of H-pyrrole nitrogens is 1. The predicted molar refractivity (Wildman–Crippen MR) is 106 cm³/mol. The van der Waals surface area contributed by atoms with Gasteiger partial charge >= 0.3 is 0 Å². The summed E-state index contributed by atoms with van der Waals surface area (Å²) < 4.78 is 0. The molecule has 128 valence electrons. The van der Waals surface area contributed by atoms with Gasteiger partial charge in [0.1, 0.15) is 0 Å². The highest BCUT2D eigenvalue weighted by Gasteiger charge is 2.19. The normalized spacial score (nSPS) is 14.0. The van der Waals surface area contributed by atoms with Crippen molar-refractivity contribution in [2.75, 3.05) is 0 Å². The summed E-state index contributed by atoms with van der Waals surface area (Å²) in [5.74, 6) is 0. The van der Waals surface area contributed by atoms with Gasteiger partial charge in [0.2, 0.25) is 0 Å². The van der Waals surface area contributed by atoms with Crippen molar-refractivity contribution in [3.8, 4) is 11.1 Å². The molecular weight excluding hydrogens is 318 g/mol. The van der Waals surface area contributed by atoms with Crippen molar-refractivity contribution in [3.63, 3.8) is 0 Å². The zero-order chi connectivity index (χ0) is 17.3. The third-order valence-electron chi connectivity index (χ3n) is 5.37. The Morgan fingerprint density at radius 2 is 1.62 bits per heavy atom. The second-order valence-electron chi connectivity index (χ2n) is 7.12. The number of fused-ring (bicyclic) bond motifs is 2. The van der Waals surface area contributed by atoms with E-state index in [-0.39, 0.29) is 0 Å². The molecule has 0 aliphatic heterocycles. The summed E-state index contributed by atoms with van der Waals surface area (Å²) in [6.07, 6.45) is 4.15. The fraction of sp³-hybridized carbons (Fsp3) is 0.174. The van der Waals surface area contributed by atoms with E-state index >= 15 is 0 Å². The van der Waals surface area contributed by atoms with E-state index in [0.717, 1.165) is 30.3 Å². The molecule has 0 bridgehead atoms. The van der Waals surface area contributed by atoms with Gasteiger partial charge in [-0.25, -0.2) is 0 Å². The first-order valence-corrected chi connectivity index (χ1v) is 9.18. The van der Waals surface area contributed by atoms with E-state index in [4.69, 9.17) is 0 Å². The first-order valence-electron chi connectivity index (χ1n) is 9.18. The van der Waals surface area contributed by atoms with E-state index in [2.05, 4.69) is 82.2 Å². The maximum absolute atomic E-state index is 4.09. The van der Waals surface area contributed by atoms with Crippen molar-refractivity contribution < 1.29 is 0 Å². The minimum Gasteiger partial charge on any atom is -0.309 e. The van der Waals surface area contributed by atoms with Gasteiger partial charge in [-0.15, -0.1) is 0 Å². The maximum Gasteiger partial charge on any atom is 0.0650 e. The van der Waals surface area contributed by atoms with Gasteiger partial charge in [-0.05, 0) is 52.8 Å². The largest absolute Gasteiger partial charge is 0.309 e. The Balaban J connectivity index is 1.25. The monoisotopic (exact) mass is 339 g/mol. The summed E-state index contributed by atoms with van der Waals surface area (Å²) >= 11 is 0. The lowest BCUT2D eigenvalue weighted by atomic mass is 10.0. The van der Waals surface area contributed by atoms with Gasteiger partial charge in [0.05, 0.1) is 11.7 Å². The lowest BCUT2D eigenvalue weighted by Crippen LogP contribution is -2.28. The van der Waals surface area contributed by atoms with Crippen LogP contribution in [0.3, 0.4) is 0 Å². The summed E-state index contributed by atoms with van der Waals surface area (Å²) in [5.41, 5.74) is 7.86.